The van der Waals surface area contributed by atoms with E-state index in [1.807, 2.05) is 37.3 Å². The predicted molar refractivity (Wildman–Crippen MR) is 95.2 cm³/mol. The van der Waals surface area contributed by atoms with Crippen LogP contribution in [0.5, 0.6) is 0 Å². The molecule has 8 nitrogen and oxygen atoms in total. The van der Waals surface area contributed by atoms with Crippen molar-refractivity contribution in [1.82, 2.24) is 30.2 Å². The van der Waals surface area contributed by atoms with E-state index in [0.29, 0.717) is 17.1 Å². The number of hydrogen-bond donors (Lipinski definition) is 2. The standard InChI is InChI=1S/C16H12BrN7O/c1-9-2-3-10(15-20-22-23-21-15)6-13(9)19-16(25)12-8-18-24-5-4-11(17)7-14(12)24/h2-8H,1H3,(H,19,25)(H,20,21,22,23). The minimum Gasteiger partial charge on any atom is -0.322 e. The lowest BCUT2D eigenvalue weighted by Crippen LogP contribution is -2.12. The summed E-state index contributed by atoms with van der Waals surface area (Å²) >= 11 is 3.41. The van der Waals surface area contributed by atoms with Crippen LogP contribution >= 0.6 is 15.9 Å². The zero-order valence-electron chi connectivity index (χ0n) is 13.1. The number of amides is 1. The number of nitrogens with one attached hydrogen (secondary N) is 2. The maximum atomic E-state index is 12.7. The van der Waals surface area contributed by atoms with Crippen molar-refractivity contribution in [2.75, 3.05) is 5.32 Å². The number of pyridine rings is 1. The Kier molecular flexibility index (Phi) is 3.77. The van der Waals surface area contributed by atoms with Crippen LogP contribution in [0, 0.1) is 6.92 Å². The molecule has 9 heteroatoms. The van der Waals surface area contributed by atoms with Crippen molar-refractivity contribution in [3.8, 4) is 11.4 Å². The zero-order chi connectivity index (χ0) is 17.4. The fourth-order valence-electron chi connectivity index (χ4n) is 2.50. The first-order valence-electron chi connectivity index (χ1n) is 7.40. The number of anilines is 1. The summed E-state index contributed by atoms with van der Waals surface area (Å²) in [7, 11) is 0. The van der Waals surface area contributed by atoms with Gasteiger partial charge in [-0.3, -0.25) is 4.79 Å². The Morgan fingerprint density at radius 2 is 2.16 bits per heavy atom. The number of H-pyrrole nitrogens is 1. The van der Waals surface area contributed by atoms with Crippen LogP contribution in [0.25, 0.3) is 16.9 Å². The molecule has 4 rings (SSSR count). The van der Waals surface area contributed by atoms with Crippen molar-refractivity contribution in [3.05, 3.63) is 58.3 Å². The lowest BCUT2D eigenvalue weighted by Gasteiger charge is -2.09. The molecule has 0 aliphatic carbocycles. The van der Waals surface area contributed by atoms with E-state index in [-0.39, 0.29) is 5.91 Å². The number of nitrogens with zero attached hydrogens (tertiary/aromatic N) is 5. The molecule has 1 amide bonds. The number of fused-ring (bicyclic) bond motifs is 1. The van der Waals surface area contributed by atoms with Crippen molar-refractivity contribution < 1.29 is 4.79 Å². The van der Waals surface area contributed by atoms with Gasteiger partial charge in [-0.05, 0) is 35.9 Å². The summed E-state index contributed by atoms with van der Waals surface area (Å²) < 4.78 is 2.53. The number of aromatic nitrogens is 6. The SMILES string of the molecule is Cc1ccc(-c2nn[nH]n2)cc1NC(=O)c1cnn2ccc(Br)cc12. The van der Waals surface area contributed by atoms with Crippen LogP contribution in [0.1, 0.15) is 15.9 Å². The first-order valence-corrected chi connectivity index (χ1v) is 8.20. The monoisotopic (exact) mass is 397 g/mol. The molecule has 0 aliphatic rings. The molecule has 0 fully saturated rings. The summed E-state index contributed by atoms with van der Waals surface area (Å²) in [6, 6.07) is 9.31. The topological polar surface area (TPSA) is 101 Å². The summed E-state index contributed by atoms with van der Waals surface area (Å²) in [6.45, 7) is 1.92. The van der Waals surface area contributed by atoms with E-state index >= 15 is 0 Å². The lowest BCUT2D eigenvalue weighted by atomic mass is 10.1. The molecule has 0 atom stereocenters. The quantitative estimate of drug-likeness (QED) is 0.553. The van der Waals surface area contributed by atoms with E-state index in [0.717, 1.165) is 21.1 Å². The smallest absolute Gasteiger partial charge is 0.259 e. The van der Waals surface area contributed by atoms with E-state index < -0.39 is 0 Å². The molecule has 0 unspecified atom stereocenters. The maximum Gasteiger partial charge on any atom is 0.259 e. The van der Waals surface area contributed by atoms with Crippen LogP contribution in [-0.4, -0.2) is 36.1 Å². The molecule has 0 saturated carbocycles. The minimum atomic E-state index is -0.235. The van der Waals surface area contributed by atoms with Crippen LogP contribution in [0.2, 0.25) is 0 Å². The summed E-state index contributed by atoms with van der Waals surface area (Å²) in [5.41, 5.74) is 3.58. The van der Waals surface area contributed by atoms with Crippen LogP contribution in [0.3, 0.4) is 0 Å². The third-order valence-corrected chi connectivity index (χ3v) is 4.31. The predicted octanol–water partition coefficient (Wildman–Crippen LogP) is 2.84. The zero-order valence-corrected chi connectivity index (χ0v) is 14.6. The van der Waals surface area contributed by atoms with E-state index in [2.05, 4.69) is 47.0 Å². The second-order valence-corrected chi connectivity index (χ2v) is 6.37. The van der Waals surface area contributed by atoms with Gasteiger partial charge in [0.25, 0.3) is 5.91 Å². The first kappa shape index (κ1) is 15.5. The largest absolute Gasteiger partial charge is 0.322 e. The Morgan fingerprint density at radius 1 is 1.28 bits per heavy atom. The number of rotatable bonds is 3. The fraction of sp³-hybridized carbons (Fsp3) is 0.0625. The van der Waals surface area contributed by atoms with E-state index in [9.17, 15) is 4.79 Å². The van der Waals surface area contributed by atoms with Crippen molar-refractivity contribution in [3.63, 3.8) is 0 Å². The molecule has 0 spiro atoms. The number of aromatic amines is 1. The van der Waals surface area contributed by atoms with Crippen LogP contribution in [0.15, 0.2) is 47.2 Å². The van der Waals surface area contributed by atoms with Gasteiger partial charge in [0.1, 0.15) is 0 Å². The van der Waals surface area contributed by atoms with Gasteiger partial charge in [-0.25, -0.2) is 4.52 Å². The van der Waals surface area contributed by atoms with E-state index in [1.165, 1.54) is 0 Å². The van der Waals surface area contributed by atoms with E-state index in [1.54, 1.807) is 16.9 Å². The number of carbonyl (C=O) groups is 1. The van der Waals surface area contributed by atoms with Crippen LogP contribution in [0.4, 0.5) is 5.69 Å². The Labute approximate surface area is 150 Å². The first-order chi connectivity index (χ1) is 12.1. The van der Waals surface area contributed by atoms with Gasteiger partial charge in [0.05, 0.1) is 17.3 Å². The second-order valence-electron chi connectivity index (χ2n) is 5.45. The molecule has 124 valence electrons. The molecule has 0 bridgehead atoms. The van der Waals surface area contributed by atoms with Crippen molar-refractivity contribution in [2.24, 2.45) is 0 Å². The molecular formula is C16H12BrN7O. The Morgan fingerprint density at radius 3 is 2.96 bits per heavy atom. The summed E-state index contributed by atoms with van der Waals surface area (Å²) in [4.78, 5) is 12.7. The Bertz CT molecular complexity index is 1070. The average Bonchev–Trinajstić information content (AvgIpc) is 3.26. The highest BCUT2D eigenvalue weighted by Gasteiger charge is 2.15. The summed E-state index contributed by atoms with van der Waals surface area (Å²) in [6.07, 6.45) is 3.34. The number of hydrogen-bond acceptors (Lipinski definition) is 5. The van der Waals surface area contributed by atoms with Crippen molar-refractivity contribution >= 4 is 33.0 Å². The average molecular weight is 398 g/mol. The number of halogens is 1. The highest BCUT2D eigenvalue weighted by Crippen LogP contribution is 2.24. The van der Waals surface area contributed by atoms with Gasteiger partial charge in [0.2, 0.25) is 5.82 Å². The van der Waals surface area contributed by atoms with Gasteiger partial charge in [-0.2, -0.15) is 10.3 Å². The highest BCUT2D eigenvalue weighted by molar-refractivity contribution is 9.10. The molecule has 0 saturated heterocycles. The van der Waals surface area contributed by atoms with Gasteiger partial charge in [-0.1, -0.05) is 28.1 Å². The summed E-state index contributed by atoms with van der Waals surface area (Å²) in [5.74, 6) is 0.233. The molecule has 4 aromatic rings. The Balaban J connectivity index is 1.68. The third kappa shape index (κ3) is 2.89. The molecule has 3 aromatic heterocycles. The third-order valence-electron chi connectivity index (χ3n) is 3.82. The molecule has 1 aromatic carbocycles. The minimum absolute atomic E-state index is 0.235. The molecule has 0 radical (unpaired) electrons. The van der Waals surface area contributed by atoms with E-state index in [4.69, 9.17) is 0 Å². The van der Waals surface area contributed by atoms with Gasteiger partial charge in [-0.15, -0.1) is 10.2 Å². The molecular weight excluding hydrogens is 386 g/mol. The summed E-state index contributed by atoms with van der Waals surface area (Å²) in [5, 5.41) is 21.0. The number of tetrazole rings is 1. The fourth-order valence-corrected chi connectivity index (χ4v) is 2.83. The van der Waals surface area contributed by atoms with Crippen molar-refractivity contribution in [2.45, 2.75) is 6.92 Å². The van der Waals surface area contributed by atoms with Gasteiger partial charge in [0.15, 0.2) is 0 Å². The van der Waals surface area contributed by atoms with Gasteiger partial charge < -0.3 is 5.32 Å². The molecule has 25 heavy (non-hydrogen) atoms. The molecule has 3 heterocycles. The molecule has 0 aliphatic heterocycles. The lowest BCUT2D eigenvalue weighted by molar-refractivity contribution is 0.102. The van der Waals surface area contributed by atoms with Crippen molar-refractivity contribution in [1.29, 1.82) is 0 Å². The number of carbonyl (C=O) groups excluding carboxylic acids is 1. The molecule has 2 N–H and O–H groups in total. The highest BCUT2D eigenvalue weighted by atomic mass is 79.9. The van der Waals surface area contributed by atoms with Gasteiger partial charge in [0, 0.05) is 21.9 Å². The van der Waals surface area contributed by atoms with Gasteiger partial charge >= 0.3 is 0 Å². The number of aryl methyl sites for hydroxylation is 1. The van der Waals surface area contributed by atoms with Crippen LogP contribution < -0.4 is 5.32 Å². The van der Waals surface area contributed by atoms with Crippen LogP contribution in [-0.2, 0) is 0 Å². The maximum absolute atomic E-state index is 12.7. The Hall–Kier alpha value is -3.07. The normalized spacial score (nSPS) is 11.0. The number of benzene rings is 1. The second kappa shape index (κ2) is 6.10.